The minimum absolute atomic E-state index is 0.165. The number of imide groups is 1. The van der Waals surface area contributed by atoms with Crippen LogP contribution in [0.3, 0.4) is 0 Å². The Labute approximate surface area is 115 Å². The number of rotatable bonds is 2. The number of piperidine rings is 1. The minimum Gasteiger partial charge on any atom is -0.508 e. The van der Waals surface area contributed by atoms with Crippen LogP contribution < -0.4 is 5.32 Å². The summed E-state index contributed by atoms with van der Waals surface area (Å²) in [7, 11) is 0. The summed E-state index contributed by atoms with van der Waals surface area (Å²) in [4.78, 5) is 27.2. The zero-order valence-electron chi connectivity index (χ0n) is 10.6. The maximum atomic E-state index is 11.8. The summed E-state index contributed by atoms with van der Waals surface area (Å²) < 4.78 is 1.70. The molecule has 2 amide bonds. The number of hydrogen-bond donors (Lipinski definition) is 2. The molecule has 0 saturated carbocycles. The lowest BCUT2D eigenvalue weighted by molar-refractivity contribution is -0.135. The van der Waals surface area contributed by atoms with Crippen molar-refractivity contribution in [2.45, 2.75) is 18.9 Å². The molecular weight excluding hydrogens is 258 g/mol. The van der Waals surface area contributed by atoms with Gasteiger partial charge in [0.15, 0.2) is 0 Å². The van der Waals surface area contributed by atoms with Crippen LogP contribution in [0.5, 0.6) is 5.75 Å². The van der Waals surface area contributed by atoms with E-state index in [0.29, 0.717) is 18.5 Å². The lowest BCUT2D eigenvalue weighted by atomic mass is 10.1. The van der Waals surface area contributed by atoms with Crippen LogP contribution in [0, 0.1) is 0 Å². The van der Waals surface area contributed by atoms with Crippen LogP contribution in [0.2, 0.25) is 0 Å². The Kier molecular flexibility index (Phi) is 2.98. The number of phenols is 1. The molecule has 1 aliphatic rings. The average molecular weight is 271 g/mol. The summed E-state index contributed by atoms with van der Waals surface area (Å²) in [5.41, 5.74) is 1.45. The highest BCUT2D eigenvalue weighted by Crippen LogP contribution is 2.24. The highest BCUT2D eigenvalue weighted by atomic mass is 16.3. The third kappa shape index (κ3) is 2.27. The Morgan fingerprint density at radius 1 is 1.35 bits per heavy atom. The monoisotopic (exact) mass is 271 g/mol. The molecule has 1 atom stereocenters. The van der Waals surface area contributed by atoms with Crippen molar-refractivity contribution in [1.82, 2.24) is 14.9 Å². The van der Waals surface area contributed by atoms with E-state index in [4.69, 9.17) is 0 Å². The molecule has 20 heavy (non-hydrogen) atoms. The van der Waals surface area contributed by atoms with Gasteiger partial charge in [0, 0.05) is 18.2 Å². The number of nitrogens with one attached hydrogen (secondary N) is 1. The molecule has 102 valence electrons. The summed E-state index contributed by atoms with van der Waals surface area (Å²) in [6.07, 6.45) is 4.12. The van der Waals surface area contributed by atoms with E-state index in [1.807, 2.05) is 6.07 Å². The van der Waals surface area contributed by atoms with Crippen molar-refractivity contribution in [3.8, 4) is 17.0 Å². The first kappa shape index (κ1) is 12.4. The molecule has 0 radical (unpaired) electrons. The minimum atomic E-state index is -0.411. The molecule has 1 aromatic carbocycles. The Bertz CT molecular complexity index is 678. The standard InChI is InChI=1S/C14H13N3O3/c18-10-3-1-2-9(6-10)11-7-17(8-15-11)12-4-5-13(19)16-14(12)20/h1-3,6-8,12,18H,4-5H2,(H,16,19,20). The predicted molar refractivity (Wildman–Crippen MR) is 70.7 cm³/mol. The second kappa shape index (κ2) is 4.80. The Balaban J connectivity index is 1.87. The quantitative estimate of drug-likeness (QED) is 0.805. The summed E-state index contributed by atoms with van der Waals surface area (Å²) in [5.74, 6) is -0.376. The first-order valence-corrected chi connectivity index (χ1v) is 6.30. The highest BCUT2D eigenvalue weighted by Gasteiger charge is 2.27. The number of carbonyl (C=O) groups excluding carboxylic acids is 2. The SMILES string of the molecule is O=C1CCC(n2cnc(-c3cccc(O)c3)c2)C(=O)N1. The number of nitrogens with zero attached hydrogens (tertiary/aromatic N) is 2. The summed E-state index contributed by atoms with van der Waals surface area (Å²) in [6, 6.07) is 6.34. The van der Waals surface area contributed by atoms with E-state index in [1.54, 1.807) is 35.3 Å². The maximum Gasteiger partial charge on any atom is 0.249 e. The van der Waals surface area contributed by atoms with E-state index in [9.17, 15) is 14.7 Å². The number of aromatic hydroxyl groups is 1. The van der Waals surface area contributed by atoms with Gasteiger partial charge in [0.05, 0.1) is 12.0 Å². The molecule has 6 nitrogen and oxygen atoms in total. The van der Waals surface area contributed by atoms with Crippen molar-refractivity contribution >= 4 is 11.8 Å². The molecule has 0 spiro atoms. The van der Waals surface area contributed by atoms with Gasteiger partial charge in [-0.2, -0.15) is 0 Å². The van der Waals surface area contributed by atoms with Crippen molar-refractivity contribution in [3.63, 3.8) is 0 Å². The van der Waals surface area contributed by atoms with Crippen LogP contribution >= 0.6 is 0 Å². The molecular formula is C14H13N3O3. The summed E-state index contributed by atoms with van der Waals surface area (Å²) >= 11 is 0. The van der Waals surface area contributed by atoms with Gasteiger partial charge in [-0.25, -0.2) is 4.98 Å². The van der Waals surface area contributed by atoms with Crippen molar-refractivity contribution in [3.05, 3.63) is 36.8 Å². The number of imidazole rings is 1. The third-order valence-electron chi connectivity index (χ3n) is 3.31. The third-order valence-corrected chi connectivity index (χ3v) is 3.31. The number of hydrogen-bond acceptors (Lipinski definition) is 4. The zero-order chi connectivity index (χ0) is 14.1. The van der Waals surface area contributed by atoms with E-state index in [0.717, 1.165) is 5.56 Å². The van der Waals surface area contributed by atoms with Gasteiger partial charge in [-0.1, -0.05) is 12.1 Å². The normalized spacial score (nSPS) is 18.9. The fourth-order valence-electron chi connectivity index (χ4n) is 2.29. The number of aromatic nitrogens is 2. The number of carbonyl (C=O) groups is 2. The maximum absolute atomic E-state index is 11.8. The molecule has 1 aromatic heterocycles. The van der Waals surface area contributed by atoms with Gasteiger partial charge in [-0.05, 0) is 18.6 Å². The van der Waals surface area contributed by atoms with Crippen molar-refractivity contribution in [1.29, 1.82) is 0 Å². The molecule has 6 heteroatoms. The van der Waals surface area contributed by atoms with Gasteiger partial charge in [0.1, 0.15) is 11.8 Å². The lowest BCUT2D eigenvalue weighted by Gasteiger charge is -2.21. The molecule has 2 heterocycles. The molecule has 0 bridgehead atoms. The Morgan fingerprint density at radius 3 is 2.95 bits per heavy atom. The molecule has 0 aliphatic carbocycles. The molecule has 2 N–H and O–H groups in total. The number of amides is 2. The number of phenolic OH excluding ortho intramolecular Hbond substituents is 1. The largest absolute Gasteiger partial charge is 0.508 e. The average Bonchev–Trinajstić information content (AvgIpc) is 2.88. The lowest BCUT2D eigenvalue weighted by Crippen LogP contribution is -2.41. The molecule has 1 aliphatic heterocycles. The van der Waals surface area contributed by atoms with Crippen molar-refractivity contribution in [2.24, 2.45) is 0 Å². The Hall–Kier alpha value is -2.63. The van der Waals surface area contributed by atoms with Gasteiger partial charge in [0.25, 0.3) is 0 Å². The molecule has 1 fully saturated rings. The van der Waals surface area contributed by atoms with Gasteiger partial charge in [-0.3, -0.25) is 14.9 Å². The second-order valence-corrected chi connectivity index (χ2v) is 4.72. The van der Waals surface area contributed by atoms with E-state index >= 15 is 0 Å². The number of benzene rings is 1. The first-order chi connectivity index (χ1) is 9.63. The van der Waals surface area contributed by atoms with Crippen molar-refractivity contribution < 1.29 is 14.7 Å². The topological polar surface area (TPSA) is 84.2 Å². The van der Waals surface area contributed by atoms with Crippen LogP contribution in [-0.2, 0) is 9.59 Å². The van der Waals surface area contributed by atoms with Gasteiger partial charge in [0.2, 0.25) is 11.8 Å². The van der Waals surface area contributed by atoms with Crippen LogP contribution in [0.4, 0.5) is 0 Å². The fourth-order valence-corrected chi connectivity index (χ4v) is 2.29. The van der Waals surface area contributed by atoms with Crippen LogP contribution in [0.25, 0.3) is 11.3 Å². The van der Waals surface area contributed by atoms with E-state index in [-0.39, 0.29) is 17.6 Å². The Morgan fingerprint density at radius 2 is 2.20 bits per heavy atom. The van der Waals surface area contributed by atoms with Crippen LogP contribution in [0.15, 0.2) is 36.8 Å². The zero-order valence-corrected chi connectivity index (χ0v) is 10.6. The van der Waals surface area contributed by atoms with Crippen molar-refractivity contribution in [2.75, 3.05) is 0 Å². The smallest absolute Gasteiger partial charge is 0.249 e. The van der Waals surface area contributed by atoms with E-state index in [2.05, 4.69) is 10.3 Å². The molecule has 1 unspecified atom stereocenters. The van der Waals surface area contributed by atoms with Crippen LogP contribution in [0.1, 0.15) is 18.9 Å². The fraction of sp³-hybridized carbons (Fsp3) is 0.214. The molecule has 2 aromatic rings. The first-order valence-electron chi connectivity index (χ1n) is 6.30. The highest BCUT2D eigenvalue weighted by molar-refractivity contribution is 5.99. The van der Waals surface area contributed by atoms with Gasteiger partial charge in [-0.15, -0.1) is 0 Å². The van der Waals surface area contributed by atoms with Gasteiger partial charge >= 0.3 is 0 Å². The predicted octanol–water partition coefficient (Wildman–Crippen LogP) is 1.23. The second-order valence-electron chi connectivity index (χ2n) is 4.72. The summed E-state index contributed by atoms with van der Waals surface area (Å²) in [5, 5.41) is 11.8. The molecule has 3 rings (SSSR count). The van der Waals surface area contributed by atoms with E-state index in [1.165, 1.54) is 0 Å². The molecule has 1 saturated heterocycles. The van der Waals surface area contributed by atoms with E-state index < -0.39 is 6.04 Å². The summed E-state index contributed by atoms with van der Waals surface area (Å²) in [6.45, 7) is 0. The van der Waals surface area contributed by atoms with Gasteiger partial charge < -0.3 is 9.67 Å². The van der Waals surface area contributed by atoms with Crippen LogP contribution in [-0.4, -0.2) is 26.5 Å².